The fourth-order valence-electron chi connectivity index (χ4n) is 1.31. The number of nitro benzene ring substituents is 1. The maximum absolute atomic E-state index is 13.5. The number of halogens is 2. The van der Waals surface area contributed by atoms with Crippen LogP contribution in [0.25, 0.3) is 0 Å². The van der Waals surface area contributed by atoms with Gasteiger partial charge < -0.3 is 5.11 Å². The van der Waals surface area contributed by atoms with Crippen LogP contribution in [0.4, 0.5) is 14.5 Å². The van der Waals surface area contributed by atoms with Crippen molar-refractivity contribution in [2.75, 3.05) is 0 Å². The lowest BCUT2D eigenvalue weighted by Gasteiger charge is -2.06. The number of nitro groups is 1. The fourth-order valence-corrected chi connectivity index (χ4v) is 1.31. The SMILES string of the molecule is CC(O)CCc1c(F)ccc([N+](=O)[O-])c1F. The number of nitrogens with zero attached hydrogens (tertiary/aromatic N) is 1. The van der Waals surface area contributed by atoms with Crippen molar-refractivity contribution in [2.45, 2.75) is 25.9 Å². The molecule has 1 aromatic rings. The highest BCUT2D eigenvalue weighted by Crippen LogP contribution is 2.24. The normalized spacial score (nSPS) is 12.5. The van der Waals surface area contributed by atoms with Crippen molar-refractivity contribution in [1.82, 2.24) is 0 Å². The van der Waals surface area contributed by atoms with E-state index in [9.17, 15) is 18.9 Å². The van der Waals surface area contributed by atoms with E-state index in [0.717, 1.165) is 12.1 Å². The molecule has 0 radical (unpaired) electrons. The number of hydrogen-bond donors (Lipinski definition) is 1. The van der Waals surface area contributed by atoms with E-state index in [1.165, 1.54) is 6.92 Å². The maximum atomic E-state index is 13.5. The third-order valence-corrected chi connectivity index (χ3v) is 2.17. The van der Waals surface area contributed by atoms with Gasteiger partial charge in [0.25, 0.3) is 0 Å². The first-order chi connectivity index (χ1) is 7.43. The van der Waals surface area contributed by atoms with Crippen LogP contribution in [-0.4, -0.2) is 16.1 Å². The summed E-state index contributed by atoms with van der Waals surface area (Å²) in [6.45, 7) is 1.48. The molecule has 1 N–H and O–H groups in total. The molecule has 1 unspecified atom stereocenters. The van der Waals surface area contributed by atoms with E-state index in [0.29, 0.717) is 0 Å². The van der Waals surface area contributed by atoms with Crippen LogP contribution in [0, 0.1) is 21.7 Å². The lowest BCUT2D eigenvalue weighted by molar-refractivity contribution is -0.387. The molecule has 0 fully saturated rings. The minimum Gasteiger partial charge on any atom is -0.393 e. The van der Waals surface area contributed by atoms with Crippen molar-refractivity contribution in [3.63, 3.8) is 0 Å². The number of aliphatic hydroxyl groups excluding tert-OH is 1. The van der Waals surface area contributed by atoms with E-state index in [1.807, 2.05) is 0 Å². The predicted molar refractivity (Wildman–Crippen MR) is 53.0 cm³/mol. The summed E-state index contributed by atoms with van der Waals surface area (Å²) >= 11 is 0. The topological polar surface area (TPSA) is 63.4 Å². The Morgan fingerprint density at radius 3 is 2.62 bits per heavy atom. The molecule has 0 amide bonds. The molecule has 0 saturated carbocycles. The van der Waals surface area contributed by atoms with Crippen LogP contribution in [-0.2, 0) is 6.42 Å². The van der Waals surface area contributed by atoms with E-state index in [2.05, 4.69) is 0 Å². The van der Waals surface area contributed by atoms with Gasteiger partial charge in [0.1, 0.15) is 5.82 Å². The second kappa shape index (κ2) is 4.98. The molecule has 16 heavy (non-hydrogen) atoms. The molecule has 0 aromatic heterocycles. The van der Waals surface area contributed by atoms with Crippen LogP contribution in [0.5, 0.6) is 0 Å². The molecular weight excluding hydrogens is 220 g/mol. The Kier molecular flexibility index (Phi) is 3.89. The standard InChI is InChI=1S/C10H11F2NO3/c1-6(14)2-3-7-8(11)4-5-9(10(7)12)13(15)16/h4-6,14H,2-3H2,1H3. The van der Waals surface area contributed by atoms with Crippen LogP contribution in [0.3, 0.4) is 0 Å². The van der Waals surface area contributed by atoms with Crippen molar-refractivity contribution in [2.24, 2.45) is 0 Å². The molecular formula is C10H11F2NO3. The molecule has 88 valence electrons. The lowest BCUT2D eigenvalue weighted by Crippen LogP contribution is -2.06. The van der Waals surface area contributed by atoms with Crippen molar-refractivity contribution in [3.05, 3.63) is 39.4 Å². The predicted octanol–water partition coefficient (Wildman–Crippen LogP) is 2.19. The van der Waals surface area contributed by atoms with Gasteiger partial charge in [0.15, 0.2) is 0 Å². The van der Waals surface area contributed by atoms with Crippen molar-refractivity contribution >= 4 is 5.69 Å². The van der Waals surface area contributed by atoms with Crippen LogP contribution in [0.2, 0.25) is 0 Å². The molecule has 0 bridgehead atoms. The molecule has 6 heteroatoms. The van der Waals surface area contributed by atoms with E-state index in [1.54, 1.807) is 0 Å². The highest BCUT2D eigenvalue weighted by atomic mass is 19.1. The smallest absolute Gasteiger partial charge is 0.305 e. The van der Waals surface area contributed by atoms with Gasteiger partial charge in [-0.2, -0.15) is 4.39 Å². The summed E-state index contributed by atoms with van der Waals surface area (Å²) in [4.78, 5) is 9.52. The number of rotatable bonds is 4. The monoisotopic (exact) mass is 231 g/mol. The molecule has 0 aliphatic rings. The summed E-state index contributed by atoms with van der Waals surface area (Å²) in [6, 6.07) is 1.65. The first kappa shape index (κ1) is 12.5. The lowest BCUT2D eigenvalue weighted by atomic mass is 10.1. The highest BCUT2D eigenvalue weighted by Gasteiger charge is 2.21. The average Bonchev–Trinajstić information content (AvgIpc) is 2.16. The van der Waals surface area contributed by atoms with E-state index in [4.69, 9.17) is 5.11 Å². The van der Waals surface area contributed by atoms with E-state index >= 15 is 0 Å². The summed E-state index contributed by atoms with van der Waals surface area (Å²) in [5.74, 6) is -1.99. The summed E-state index contributed by atoms with van der Waals surface area (Å²) in [5, 5.41) is 19.4. The first-order valence-corrected chi connectivity index (χ1v) is 4.72. The Bertz CT molecular complexity index is 407. The molecule has 0 saturated heterocycles. The second-order valence-corrected chi connectivity index (χ2v) is 3.50. The fraction of sp³-hybridized carbons (Fsp3) is 0.400. The maximum Gasteiger partial charge on any atom is 0.305 e. The molecule has 1 aromatic carbocycles. The zero-order valence-corrected chi connectivity index (χ0v) is 8.61. The van der Waals surface area contributed by atoms with Crippen LogP contribution >= 0.6 is 0 Å². The van der Waals surface area contributed by atoms with Crippen LogP contribution in [0.1, 0.15) is 18.9 Å². The molecule has 0 aliphatic carbocycles. The molecule has 0 spiro atoms. The third-order valence-electron chi connectivity index (χ3n) is 2.17. The quantitative estimate of drug-likeness (QED) is 0.638. The van der Waals surface area contributed by atoms with Crippen molar-refractivity contribution in [3.8, 4) is 0 Å². The summed E-state index contributed by atoms with van der Waals surface area (Å²) in [7, 11) is 0. The Morgan fingerprint density at radius 1 is 1.50 bits per heavy atom. The minimum atomic E-state index is -1.16. The summed E-state index contributed by atoms with van der Waals surface area (Å²) in [6.07, 6.45) is -0.635. The zero-order chi connectivity index (χ0) is 12.3. The number of benzene rings is 1. The van der Waals surface area contributed by atoms with Gasteiger partial charge >= 0.3 is 5.69 Å². The Hall–Kier alpha value is -1.56. The molecule has 1 rings (SSSR count). The second-order valence-electron chi connectivity index (χ2n) is 3.50. The average molecular weight is 231 g/mol. The van der Waals surface area contributed by atoms with Crippen LogP contribution < -0.4 is 0 Å². The largest absolute Gasteiger partial charge is 0.393 e. The van der Waals surface area contributed by atoms with E-state index < -0.39 is 28.3 Å². The van der Waals surface area contributed by atoms with Crippen molar-refractivity contribution < 1.29 is 18.8 Å². The van der Waals surface area contributed by atoms with Gasteiger partial charge in [0.2, 0.25) is 5.82 Å². The van der Waals surface area contributed by atoms with Gasteiger partial charge in [-0.25, -0.2) is 4.39 Å². The number of aliphatic hydroxyl groups is 1. The van der Waals surface area contributed by atoms with Gasteiger partial charge in [0.05, 0.1) is 11.0 Å². The highest BCUT2D eigenvalue weighted by molar-refractivity contribution is 5.37. The van der Waals surface area contributed by atoms with E-state index in [-0.39, 0.29) is 18.4 Å². The first-order valence-electron chi connectivity index (χ1n) is 4.72. The molecule has 1 atom stereocenters. The summed E-state index contributed by atoms with van der Waals surface area (Å²) < 4.78 is 26.7. The van der Waals surface area contributed by atoms with Gasteiger partial charge in [-0.15, -0.1) is 0 Å². The Labute approximate surface area is 90.7 Å². The summed E-state index contributed by atoms with van der Waals surface area (Å²) in [5.41, 5.74) is -1.10. The Morgan fingerprint density at radius 2 is 2.12 bits per heavy atom. The number of hydrogen-bond acceptors (Lipinski definition) is 3. The Balaban J connectivity index is 3.06. The third kappa shape index (κ3) is 2.73. The molecule has 0 heterocycles. The van der Waals surface area contributed by atoms with Gasteiger partial charge in [-0.3, -0.25) is 10.1 Å². The van der Waals surface area contributed by atoms with Gasteiger partial charge in [0, 0.05) is 11.6 Å². The zero-order valence-electron chi connectivity index (χ0n) is 8.61. The molecule has 4 nitrogen and oxygen atoms in total. The van der Waals surface area contributed by atoms with Crippen molar-refractivity contribution in [1.29, 1.82) is 0 Å². The van der Waals surface area contributed by atoms with Crippen LogP contribution in [0.15, 0.2) is 12.1 Å². The van der Waals surface area contributed by atoms with Gasteiger partial charge in [-0.05, 0) is 25.8 Å². The molecule has 0 aliphatic heterocycles. The minimum absolute atomic E-state index is 0.0724. The van der Waals surface area contributed by atoms with Gasteiger partial charge in [-0.1, -0.05) is 0 Å².